The Kier molecular flexibility index (Phi) is 4.40. The number of carboxylic acids is 1. The largest absolute Gasteiger partial charge is 0.481 e. The van der Waals surface area contributed by atoms with Crippen molar-refractivity contribution in [1.82, 2.24) is 15.5 Å². The molecule has 1 rings (SSSR count). The van der Waals surface area contributed by atoms with Gasteiger partial charge in [-0.1, -0.05) is 5.16 Å². The van der Waals surface area contributed by atoms with Crippen molar-refractivity contribution in [3.63, 3.8) is 0 Å². The van der Waals surface area contributed by atoms with Crippen LogP contribution < -0.4 is 11.1 Å². The number of aromatic nitrogens is 2. The Morgan fingerprint density at radius 2 is 2.38 bits per heavy atom. The molecule has 1 aromatic rings. The molecule has 8 nitrogen and oxygen atoms in total. The fourth-order valence-electron chi connectivity index (χ4n) is 1.01. The summed E-state index contributed by atoms with van der Waals surface area (Å²) in [6.45, 7) is 0.272. The SMILES string of the molecule is NC(CC(=O)O)C(=O)NCCc1ncno1. The van der Waals surface area contributed by atoms with Crippen LogP contribution in [0.15, 0.2) is 10.9 Å². The number of nitrogens with zero attached hydrogens (tertiary/aromatic N) is 2. The van der Waals surface area contributed by atoms with E-state index in [1.54, 1.807) is 0 Å². The van der Waals surface area contributed by atoms with Crippen LogP contribution in [0.2, 0.25) is 0 Å². The number of amides is 1. The number of aliphatic carboxylic acids is 1. The van der Waals surface area contributed by atoms with E-state index < -0.39 is 24.3 Å². The number of rotatable bonds is 6. The van der Waals surface area contributed by atoms with E-state index in [4.69, 9.17) is 15.4 Å². The van der Waals surface area contributed by atoms with Gasteiger partial charge in [-0.2, -0.15) is 4.98 Å². The lowest BCUT2D eigenvalue weighted by Crippen LogP contribution is -2.42. The first kappa shape index (κ1) is 12.1. The van der Waals surface area contributed by atoms with Crippen molar-refractivity contribution in [3.8, 4) is 0 Å². The zero-order valence-corrected chi connectivity index (χ0v) is 8.42. The fourth-order valence-corrected chi connectivity index (χ4v) is 1.01. The first-order valence-corrected chi connectivity index (χ1v) is 4.60. The van der Waals surface area contributed by atoms with Gasteiger partial charge in [0.05, 0.1) is 12.5 Å². The van der Waals surface area contributed by atoms with E-state index in [1.807, 2.05) is 0 Å². The molecule has 0 radical (unpaired) electrons. The van der Waals surface area contributed by atoms with E-state index >= 15 is 0 Å². The average Bonchev–Trinajstić information content (AvgIpc) is 2.69. The van der Waals surface area contributed by atoms with E-state index in [0.29, 0.717) is 12.3 Å². The number of nitrogens with two attached hydrogens (primary N) is 1. The van der Waals surface area contributed by atoms with Gasteiger partial charge in [0.15, 0.2) is 6.33 Å². The number of hydrogen-bond donors (Lipinski definition) is 3. The van der Waals surface area contributed by atoms with E-state index in [1.165, 1.54) is 6.33 Å². The molecule has 4 N–H and O–H groups in total. The number of nitrogens with one attached hydrogen (secondary N) is 1. The topological polar surface area (TPSA) is 131 Å². The zero-order chi connectivity index (χ0) is 12.0. The quantitative estimate of drug-likeness (QED) is 0.541. The third-order valence-electron chi connectivity index (χ3n) is 1.78. The van der Waals surface area contributed by atoms with Crippen LogP contribution in [0.3, 0.4) is 0 Å². The monoisotopic (exact) mass is 228 g/mol. The Bertz CT molecular complexity index is 351. The fraction of sp³-hybridized carbons (Fsp3) is 0.500. The molecule has 0 aromatic carbocycles. The first-order chi connectivity index (χ1) is 7.59. The summed E-state index contributed by atoms with van der Waals surface area (Å²) in [6, 6.07) is -1.04. The third-order valence-corrected chi connectivity index (χ3v) is 1.78. The normalized spacial score (nSPS) is 12.1. The van der Waals surface area contributed by atoms with Crippen molar-refractivity contribution >= 4 is 11.9 Å². The van der Waals surface area contributed by atoms with Crippen molar-refractivity contribution in [3.05, 3.63) is 12.2 Å². The maximum Gasteiger partial charge on any atom is 0.305 e. The van der Waals surface area contributed by atoms with Gasteiger partial charge >= 0.3 is 5.97 Å². The summed E-state index contributed by atoms with van der Waals surface area (Å²) in [5.74, 6) is -1.23. The van der Waals surface area contributed by atoms with Crippen LogP contribution in [0.1, 0.15) is 12.3 Å². The van der Waals surface area contributed by atoms with Crippen molar-refractivity contribution < 1.29 is 19.2 Å². The number of hydrogen-bond acceptors (Lipinski definition) is 6. The summed E-state index contributed by atoms with van der Waals surface area (Å²) < 4.78 is 4.70. The number of carboxylic acid groups (broad SMARTS) is 1. The van der Waals surface area contributed by atoms with Crippen LogP contribution in [0.5, 0.6) is 0 Å². The number of carbonyl (C=O) groups is 2. The predicted octanol–water partition coefficient (Wildman–Crippen LogP) is -1.47. The number of carbonyl (C=O) groups excluding carboxylic acids is 1. The summed E-state index contributed by atoms with van der Waals surface area (Å²) >= 11 is 0. The lowest BCUT2D eigenvalue weighted by atomic mass is 10.2. The molecule has 0 fully saturated rings. The lowest BCUT2D eigenvalue weighted by molar-refractivity contribution is -0.139. The molecule has 0 spiro atoms. The Labute approximate surface area is 90.8 Å². The second-order valence-electron chi connectivity index (χ2n) is 3.08. The van der Waals surface area contributed by atoms with Crippen LogP contribution in [-0.4, -0.2) is 39.7 Å². The van der Waals surface area contributed by atoms with Crippen molar-refractivity contribution in [2.75, 3.05) is 6.54 Å². The molecule has 88 valence electrons. The summed E-state index contributed by atoms with van der Waals surface area (Å²) in [5, 5.41) is 14.3. The molecule has 0 bridgehead atoms. The van der Waals surface area contributed by atoms with Crippen LogP contribution in [-0.2, 0) is 16.0 Å². The first-order valence-electron chi connectivity index (χ1n) is 4.60. The highest BCUT2D eigenvalue weighted by molar-refractivity contribution is 5.85. The smallest absolute Gasteiger partial charge is 0.305 e. The molecule has 0 aliphatic rings. The van der Waals surface area contributed by atoms with Crippen LogP contribution in [0.25, 0.3) is 0 Å². The maximum atomic E-state index is 11.2. The van der Waals surface area contributed by atoms with E-state index in [0.717, 1.165) is 0 Å². The predicted molar refractivity (Wildman–Crippen MR) is 51.2 cm³/mol. The molecule has 1 atom stereocenters. The molecule has 1 unspecified atom stereocenters. The van der Waals surface area contributed by atoms with Crippen molar-refractivity contribution in [1.29, 1.82) is 0 Å². The van der Waals surface area contributed by atoms with Crippen LogP contribution in [0.4, 0.5) is 0 Å². The minimum absolute atomic E-state index is 0.272. The second-order valence-corrected chi connectivity index (χ2v) is 3.08. The molecule has 1 amide bonds. The Morgan fingerprint density at radius 1 is 1.62 bits per heavy atom. The van der Waals surface area contributed by atoms with Crippen molar-refractivity contribution in [2.24, 2.45) is 5.73 Å². The lowest BCUT2D eigenvalue weighted by Gasteiger charge is -2.08. The van der Waals surface area contributed by atoms with Crippen LogP contribution in [0, 0.1) is 0 Å². The van der Waals surface area contributed by atoms with Gasteiger partial charge < -0.3 is 20.7 Å². The molecule has 1 aromatic heterocycles. The standard InChI is InChI=1S/C8H12N4O4/c9-5(3-7(13)14)8(15)10-2-1-6-11-4-12-16-6/h4-5H,1-3,9H2,(H,10,15)(H,13,14). The molecule has 1 heterocycles. The zero-order valence-electron chi connectivity index (χ0n) is 8.42. The van der Waals surface area contributed by atoms with Gasteiger partial charge in [-0.25, -0.2) is 0 Å². The van der Waals surface area contributed by atoms with E-state index in [9.17, 15) is 9.59 Å². The van der Waals surface area contributed by atoms with Crippen molar-refractivity contribution in [2.45, 2.75) is 18.9 Å². The Hall–Kier alpha value is -1.96. The molecular weight excluding hydrogens is 216 g/mol. The summed E-state index contributed by atoms with van der Waals surface area (Å²) in [6.07, 6.45) is 1.24. The molecular formula is C8H12N4O4. The highest BCUT2D eigenvalue weighted by Gasteiger charge is 2.16. The summed E-state index contributed by atoms with van der Waals surface area (Å²) in [4.78, 5) is 25.3. The minimum Gasteiger partial charge on any atom is -0.481 e. The second kappa shape index (κ2) is 5.81. The van der Waals surface area contributed by atoms with Gasteiger partial charge in [-0.3, -0.25) is 9.59 Å². The maximum absolute atomic E-state index is 11.2. The van der Waals surface area contributed by atoms with Crippen LogP contribution >= 0.6 is 0 Å². The van der Waals surface area contributed by atoms with Gasteiger partial charge in [0.1, 0.15) is 0 Å². The molecule has 0 aliphatic carbocycles. The van der Waals surface area contributed by atoms with E-state index in [2.05, 4.69) is 15.5 Å². The Balaban J connectivity index is 2.22. The Morgan fingerprint density at radius 3 is 2.94 bits per heavy atom. The minimum atomic E-state index is -1.11. The molecule has 8 heteroatoms. The molecule has 0 saturated heterocycles. The van der Waals surface area contributed by atoms with E-state index in [-0.39, 0.29) is 6.54 Å². The van der Waals surface area contributed by atoms with Gasteiger partial charge in [0.25, 0.3) is 0 Å². The van der Waals surface area contributed by atoms with Gasteiger partial charge in [0.2, 0.25) is 11.8 Å². The van der Waals surface area contributed by atoms with Gasteiger partial charge in [0, 0.05) is 13.0 Å². The highest BCUT2D eigenvalue weighted by Crippen LogP contribution is 1.92. The average molecular weight is 228 g/mol. The molecule has 0 aliphatic heterocycles. The summed E-state index contributed by atoms with van der Waals surface area (Å²) in [7, 11) is 0. The highest BCUT2D eigenvalue weighted by atomic mass is 16.5. The molecule has 16 heavy (non-hydrogen) atoms. The molecule has 0 saturated carbocycles. The third kappa shape index (κ3) is 4.05. The van der Waals surface area contributed by atoms with Gasteiger partial charge in [-0.05, 0) is 0 Å². The van der Waals surface area contributed by atoms with Gasteiger partial charge in [-0.15, -0.1) is 0 Å². The summed E-state index contributed by atoms with van der Waals surface area (Å²) in [5.41, 5.74) is 5.33.